The smallest absolute Gasteiger partial charge is 0.258 e. The zero-order valence-corrected chi connectivity index (χ0v) is 12.9. The SMILES string of the molecule is O=C(c1cccnc1F)N1CCCN(Cc2ccccn2)CC1. The predicted octanol–water partition coefficient (Wildman–Crippen LogP) is 1.96. The summed E-state index contributed by atoms with van der Waals surface area (Å²) in [5, 5.41) is 0. The first-order valence-corrected chi connectivity index (χ1v) is 7.76. The molecule has 0 spiro atoms. The molecule has 2 aromatic heterocycles. The van der Waals surface area contributed by atoms with Crippen molar-refractivity contribution in [2.75, 3.05) is 26.2 Å². The maximum absolute atomic E-state index is 13.7. The first-order valence-electron chi connectivity index (χ1n) is 7.76. The fourth-order valence-corrected chi connectivity index (χ4v) is 2.77. The summed E-state index contributed by atoms with van der Waals surface area (Å²) in [4.78, 5) is 24.3. The Kier molecular flexibility index (Phi) is 4.92. The molecule has 3 rings (SSSR count). The standard InChI is InChI=1S/C17H19FN4O/c18-16-15(6-3-8-20-16)17(23)22-10-4-9-21(11-12-22)13-14-5-1-2-7-19-14/h1-3,5-8H,4,9-13H2. The first kappa shape index (κ1) is 15.6. The molecule has 1 amide bonds. The van der Waals surface area contributed by atoms with Crippen molar-refractivity contribution < 1.29 is 9.18 Å². The van der Waals surface area contributed by atoms with Gasteiger partial charge in [-0.2, -0.15) is 4.39 Å². The minimum Gasteiger partial charge on any atom is -0.337 e. The van der Waals surface area contributed by atoms with Crippen LogP contribution in [-0.2, 0) is 6.54 Å². The highest BCUT2D eigenvalue weighted by atomic mass is 19.1. The van der Waals surface area contributed by atoms with Crippen molar-refractivity contribution in [1.29, 1.82) is 0 Å². The van der Waals surface area contributed by atoms with E-state index < -0.39 is 5.95 Å². The van der Waals surface area contributed by atoms with E-state index in [-0.39, 0.29) is 11.5 Å². The van der Waals surface area contributed by atoms with Crippen LogP contribution in [0.15, 0.2) is 42.7 Å². The second-order valence-corrected chi connectivity index (χ2v) is 5.58. The number of aromatic nitrogens is 2. The molecule has 23 heavy (non-hydrogen) atoms. The molecule has 0 aliphatic carbocycles. The van der Waals surface area contributed by atoms with Crippen molar-refractivity contribution >= 4 is 5.91 Å². The van der Waals surface area contributed by atoms with Crippen LogP contribution in [0.3, 0.4) is 0 Å². The third-order valence-electron chi connectivity index (χ3n) is 3.98. The number of rotatable bonds is 3. The van der Waals surface area contributed by atoms with Gasteiger partial charge in [-0.05, 0) is 30.7 Å². The number of carbonyl (C=O) groups excluding carboxylic acids is 1. The monoisotopic (exact) mass is 314 g/mol. The summed E-state index contributed by atoms with van der Waals surface area (Å²) in [6, 6.07) is 8.94. The summed E-state index contributed by atoms with van der Waals surface area (Å²) < 4.78 is 13.7. The van der Waals surface area contributed by atoms with Crippen molar-refractivity contribution in [3.8, 4) is 0 Å². The number of hydrogen-bond donors (Lipinski definition) is 0. The van der Waals surface area contributed by atoms with Gasteiger partial charge in [0.15, 0.2) is 0 Å². The third-order valence-corrected chi connectivity index (χ3v) is 3.98. The van der Waals surface area contributed by atoms with E-state index in [1.54, 1.807) is 17.2 Å². The number of nitrogens with zero attached hydrogens (tertiary/aromatic N) is 4. The average molecular weight is 314 g/mol. The molecular weight excluding hydrogens is 295 g/mol. The lowest BCUT2D eigenvalue weighted by atomic mass is 10.2. The molecule has 120 valence electrons. The molecule has 6 heteroatoms. The summed E-state index contributed by atoms with van der Waals surface area (Å²) in [6.45, 7) is 3.64. The van der Waals surface area contributed by atoms with Crippen molar-refractivity contribution in [1.82, 2.24) is 19.8 Å². The Morgan fingerprint density at radius 2 is 1.91 bits per heavy atom. The Labute approximate surface area is 134 Å². The molecule has 5 nitrogen and oxygen atoms in total. The lowest BCUT2D eigenvalue weighted by molar-refractivity contribution is 0.0755. The van der Waals surface area contributed by atoms with E-state index in [9.17, 15) is 9.18 Å². The van der Waals surface area contributed by atoms with Gasteiger partial charge in [-0.25, -0.2) is 4.98 Å². The largest absolute Gasteiger partial charge is 0.337 e. The molecule has 2 aromatic rings. The summed E-state index contributed by atoms with van der Waals surface area (Å²) >= 11 is 0. The quantitative estimate of drug-likeness (QED) is 0.813. The predicted molar refractivity (Wildman–Crippen MR) is 84.2 cm³/mol. The highest BCUT2D eigenvalue weighted by Crippen LogP contribution is 2.12. The molecule has 1 aliphatic rings. The van der Waals surface area contributed by atoms with Crippen molar-refractivity contribution in [3.05, 3.63) is 59.9 Å². The van der Waals surface area contributed by atoms with Gasteiger partial charge < -0.3 is 4.90 Å². The van der Waals surface area contributed by atoms with E-state index in [4.69, 9.17) is 0 Å². The highest BCUT2D eigenvalue weighted by Gasteiger charge is 2.22. The van der Waals surface area contributed by atoms with Gasteiger partial charge in [0.25, 0.3) is 5.91 Å². The Balaban J connectivity index is 1.62. The van der Waals surface area contributed by atoms with E-state index in [2.05, 4.69) is 14.9 Å². The lowest BCUT2D eigenvalue weighted by Gasteiger charge is -2.21. The summed E-state index contributed by atoms with van der Waals surface area (Å²) in [6.07, 6.45) is 4.00. The van der Waals surface area contributed by atoms with Crippen molar-refractivity contribution in [2.45, 2.75) is 13.0 Å². The molecule has 0 aromatic carbocycles. The van der Waals surface area contributed by atoms with Gasteiger partial charge in [-0.1, -0.05) is 6.07 Å². The minimum atomic E-state index is -0.702. The first-order chi connectivity index (χ1) is 11.2. The molecule has 0 atom stereocenters. The summed E-state index contributed by atoms with van der Waals surface area (Å²) in [5.41, 5.74) is 1.07. The Morgan fingerprint density at radius 3 is 2.70 bits per heavy atom. The second kappa shape index (κ2) is 7.28. The Hall–Kier alpha value is -2.34. The van der Waals surface area contributed by atoms with Crippen LogP contribution in [0, 0.1) is 5.95 Å². The van der Waals surface area contributed by atoms with Crippen molar-refractivity contribution in [3.63, 3.8) is 0 Å². The number of carbonyl (C=O) groups is 1. The van der Waals surface area contributed by atoms with Crippen LogP contribution in [0.1, 0.15) is 22.5 Å². The second-order valence-electron chi connectivity index (χ2n) is 5.58. The molecule has 0 unspecified atom stereocenters. The van der Waals surface area contributed by atoms with Crippen LogP contribution in [0.25, 0.3) is 0 Å². The van der Waals surface area contributed by atoms with Crippen LogP contribution in [-0.4, -0.2) is 51.9 Å². The van der Waals surface area contributed by atoms with Gasteiger partial charge in [0.1, 0.15) is 0 Å². The molecule has 0 radical (unpaired) electrons. The number of pyridine rings is 2. The minimum absolute atomic E-state index is 0.0469. The third kappa shape index (κ3) is 3.90. The van der Waals surface area contributed by atoms with Crippen LogP contribution in [0.2, 0.25) is 0 Å². The van der Waals surface area contributed by atoms with E-state index >= 15 is 0 Å². The number of amides is 1. The van der Waals surface area contributed by atoms with Gasteiger partial charge in [0, 0.05) is 45.1 Å². The summed E-state index contributed by atoms with van der Waals surface area (Å²) in [7, 11) is 0. The van der Waals surface area contributed by atoms with Crippen LogP contribution < -0.4 is 0 Å². The van der Waals surface area contributed by atoms with Crippen molar-refractivity contribution in [2.24, 2.45) is 0 Å². The Morgan fingerprint density at radius 1 is 1.04 bits per heavy atom. The highest BCUT2D eigenvalue weighted by molar-refractivity contribution is 5.94. The fraction of sp³-hybridized carbons (Fsp3) is 0.353. The molecule has 1 fully saturated rings. The molecule has 0 saturated carbocycles. The topological polar surface area (TPSA) is 49.3 Å². The van der Waals surface area contributed by atoms with Gasteiger partial charge in [-0.3, -0.25) is 14.7 Å². The van der Waals surface area contributed by atoms with E-state index in [1.165, 1.54) is 12.3 Å². The van der Waals surface area contributed by atoms with Gasteiger partial charge >= 0.3 is 0 Å². The van der Waals surface area contributed by atoms with E-state index in [1.807, 2.05) is 18.2 Å². The van der Waals surface area contributed by atoms with Crippen LogP contribution in [0.5, 0.6) is 0 Å². The van der Waals surface area contributed by atoms with Crippen LogP contribution >= 0.6 is 0 Å². The maximum Gasteiger partial charge on any atom is 0.258 e. The molecule has 0 bridgehead atoms. The molecule has 1 aliphatic heterocycles. The summed E-state index contributed by atoms with van der Waals surface area (Å²) in [5.74, 6) is -0.984. The fourth-order valence-electron chi connectivity index (χ4n) is 2.77. The molecule has 1 saturated heterocycles. The molecular formula is C17H19FN4O. The van der Waals surface area contributed by atoms with E-state index in [0.717, 1.165) is 31.7 Å². The van der Waals surface area contributed by atoms with Gasteiger partial charge in [0.05, 0.1) is 11.3 Å². The molecule has 0 N–H and O–H groups in total. The Bertz CT molecular complexity index is 665. The van der Waals surface area contributed by atoms with Crippen LogP contribution in [0.4, 0.5) is 4.39 Å². The molecule has 3 heterocycles. The number of hydrogen-bond acceptors (Lipinski definition) is 4. The lowest BCUT2D eigenvalue weighted by Crippen LogP contribution is -2.35. The van der Waals surface area contributed by atoms with Gasteiger partial charge in [-0.15, -0.1) is 0 Å². The van der Waals surface area contributed by atoms with Gasteiger partial charge in [0.2, 0.25) is 5.95 Å². The zero-order valence-electron chi connectivity index (χ0n) is 12.9. The maximum atomic E-state index is 13.7. The normalized spacial score (nSPS) is 16.1. The zero-order chi connectivity index (χ0) is 16.1. The number of halogens is 1. The van der Waals surface area contributed by atoms with E-state index in [0.29, 0.717) is 13.1 Å². The average Bonchev–Trinajstić information content (AvgIpc) is 2.81.